The van der Waals surface area contributed by atoms with E-state index in [9.17, 15) is 0 Å². The Morgan fingerprint density at radius 3 is 2.14 bits per heavy atom. The minimum absolute atomic E-state index is 0.760. The monoisotopic (exact) mass is 119 g/mol. The van der Waals surface area contributed by atoms with Gasteiger partial charge in [0.15, 0.2) is 0 Å². The van der Waals surface area contributed by atoms with E-state index in [1.165, 1.54) is 0 Å². The predicted molar refractivity (Wildman–Crippen MR) is 32.6 cm³/mol. The third-order valence-electron chi connectivity index (χ3n) is 0.702. The molecule has 0 aliphatic rings. The number of hydrogen-bond donors (Lipinski definition) is 2. The van der Waals surface area contributed by atoms with Gasteiger partial charge in [-0.1, -0.05) is 19.8 Å². The molecular weight excluding hydrogens is 108 g/mol. The van der Waals surface area contributed by atoms with Crippen LogP contribution in [-0.2, 0) is 10.5 Å². The molecule has 0 saturated carbocycles. The van der Waals surface area contributed by atoms with E-state index in [1.54, 1.807) is 0 Å². The molecule has 0 aromatic rings. The van der Waals surface area contributed by atoms with E-state index in [4.69, 9.17) is 9.56 Å². The summed E-state index contributed by atoms with van der Waals surface area (Å²) in [7, 11) is -0.815. The van der Waals surface area contributed by atoms with Crippen molar-refractivity contribution < 1.29 is 0 Å². The molecule has 0 radical (unpaired) electrons. The van der Waals surface area contributed by atoms with Gasteiger partial charge in [-0.3, -0.25) is 0 Å². The van der Waals surface area contributed by atoms with Crippen LogP contribution in [0.3, 0.4) is 0 Å². The van der Waals surface area contributed by atoms with Crippen LogP contribution >= 0.6 is 0 Å². The second kappa shape index (κ2) is 4.12. The van der Waals surface area contributed by atoms with Crippen LogP contribution in [0.5, 0.6) is 0 Å². The van der Waals surface area contributed by atoms with Crippen molar-refractivity contribution in [2.24, 2.45) is 0 Å². The Balaban J connectivity index is 2.98. The zero-order valence-electron chi connectivity index (χ0n) is 4.53. The third kappa shape index (κ3) is 5.95. The van der Waals surface area contributed by atoms with Crippen molar-refractivity contribution in [3.63, 3.8) is 0 Å². The minimum atomic E-state index is -0.815. The molecule has 0 aromatic carbocycles. The topological polar surface area (TPSA) is 47.7 Å². The fourth-order valence-corrected chi connectivity index (χ4v) is 0.866. The van der Waals surface area contributed by atoms with E-state index in [1.807, 2.05) is 0 Å². The molecule has 0 atom stereocenters. The van der Waals surface area contributed by atoms with Crippen LogP contribution in [-0.4, -0.2) is 5.75 Å². The van der Waals surface area contributed by atoms with Crippen molar-refractivity contribution in [2.45, 2.75) is 19.8 Å². The summed E-state index contributed by atoms with van der Waals surface area (Å²) in [6.07, 6.45) is 2.15. The molecule has 0 saturated heterocycles. The van der Waals surface area contributed by atoms with Crippen LogP contribution in [0.15, 0.2) is 0 Å². The van der Waals surface area contributed by atoms with Crippen LogP contribution in [0.2, 0.25) is 0 Å². The molecule has 3 heteroatoms. The molecule has 0 aliphatic heterocycles. The summed E-state index contributed by atoms with van der Waals surface area (Å²) >= 11 is 0. The Kier molecular flexibility index (Phi) is 4.09. The number of unbranched alkanes of at least 4 members (excludes halogenated alkanes) is 1. The van der Waals surface area contributed by atoms with E-state index in [-0.39, 0.29) is 0 Å². The zero-order chi connectivity index (χ0) is 5.70. The highest BCUT2D eigenvalue weighted by atomic mass is 32.2. The molecular formula is C4H11N2S-. The first-order valence-electron chi connectivity index (χ1n) is 2.40. The van der Waals surface area contributed by atoms with E-state index >= 15 is 0 Å². The van der Waals surface area contributed by atoms with Gasteiger partial charge in [-0.15, -0.1) is 5.75 Å². The minimum Gasteiger partial charge on any atom is -0.435 e. The summed E-state index contributed by atoms with van der Waals surface area (Å²) < 4.78 is 13.6. The fourth-order valence-electron chi connectivity index (χ4n) is 0.289. The van der Waals surface area contributed by atoms with Crippen molar-refractivity contribution in [1.29, 1.82) is 9.56 Å². The van der Waals surface area contributed by atoms with Gasteiger partial charge in [0.1, 0.15) is 0 Å². The summed E-state index contributed by atoms with van der Waals surface area (Å²) in [5.74, 6) is 0.760. The lowest BCUT2D eigenvalue weighted by Gasteiger charge is -1.96. The van der Waals surface area contributed by atoms with Crippen LogP contribution in [0.1, 0.15) is 19.8 Å². The Morgan fingerprint density at radius 2 is 2.00 bits per heavy atom. The standard InChI is InChI=1S/C4H11N2S/c1-2-3-4-7(5)6/h5-6H,2-4H2,1H3/q-1. The highest BCUT2D eigenvalue weighted by Gasteiger charge is 1.68. The normalized spacial score (nSPS) is 10.0. The van der Waals surface area contributed by atoms with Crippen LogP contribution < -0.4 is 0 Å². The van der Waals surface area contributed by atoms with E-state index < -0.39 is 10.5 Å². The highest BCUT2D eigenvalue weighted by molar-refractivity contribution is 7.74. The lowest BCUT2D eigenvalue weighted by molar-refractivity contribution is 0.894. The van der Waals surface area contributed by atoms with Gasteiger partial charge >= 0.3 is 0 Å². The maximum absolute atomic E-state index is 6.78. The number of nitrogens with one attached hydrogen (secondary N) is 2. The quantitative estimate of drug-likeness (QED) is 0.533. The lowest BCUT2D eigenvalue weighted by atomic mass is 10.4. The second-order valence-electron chi connectivity index (χ2n) is 1.45. The van der Waals surface area contributed by atoms with Gasteiger partial charge in [0.25, 0.3) is 0 Å². The summed E-state index contributed by atoms with van der Waals surface area (Å²) in [6.45, 7) is 2.08. The smallest absolute Gasteiger partial charge is 0.0578 e. The van der Waals surface area contributed by atoms with Crippen LogP contribution in [0, 0.1) is 9.56 Å². The Hall–Kier alpha value is -0.0500. The van der Waals surface area contributed by atoms with Crippen molar-refractivity contribution in [1.82, 2.24) is 0 Å². The zero-order valence-corrected chi connectivity index (χ0v) is 5.35. The van der Waals surface area contributed by atoms with Crippen LogP contribution in [0.25, 0.3) is 0 Å². The molecule has 7 heavy (non-hydrogen) atoms. The maximum atomic E-state index is 6.78. The Labute approximate surface area is 46.4 Å². The summed E-state index contributed by atoms with van der Waals surface area (Å²) in [4.78, 5) is 0. The highest BCUT2D eigenvalue weighted by Crippen LogP contribution is 1.84. The summed E-state index contributed by atoms with van der Waals surface area (Å²) in [5, 5.41) is 0. The van der Waals surface area contributed by atoms with Gasteiger partial charge in [-0.05, 0) is 0 Å². The van der Waals surface area contributed by atoms with Gasteiger partial charge in [0, 0.05) is 0 Å². The predicted octanol–water partition coefficient (Wildman–Crippen LogP) is 1.93. The average molecular weight is 119 g/mol. The van der Waals surface area contributed by atoms with Crippen LogP contribution in [0.4, 0.5) is 0 Å². The van der Waals surface area contributed by atoms with Gasteiger partial charge in [0.05, 0.1) is 0 Å². The Bertz CT molecular complexity index is 87.9. The number of rotatable bonds is 3. The summed E-state index contributed by atoms with van der Waals surface area (Å²) in [6, 6.07) is 0. The molecule has 0 amide bonds. The largest absolute Gasteiger partial charge is 0.435 e. The molecule has 0 heterocycles. The van der Waals surface area contributed by atoms with Gasteiger partial charge in [-0.2, -0.15) is 0 Å². The second-order valence-corrected chi connectivity index (χ2v) is 2.64. The average Bonchev–Trinajstić information content (AvgIpc) is 1.61. The van der Waals surface area contributed by atoms with Crippen molar-refractivity contribution in [3.05, 3.63) is 0 Å². The lowest BCUT2D eigenvalue weighted by Crippen LogP contribution is -1.80. The first kappa shape index (κ1) is 6.95. The Morgan fingerprint density at radius 1 is 1.43 bits per heavy atom. The maximum Gasteiger partial charge on any atom is -0.0578 e. The molecule has 0 fully saturated rings. The van der Waals surface area contributed by atoms with Gasteiger partial charge in [0.2, 0.25) is 0 Å². The molecule has 0 aliphatic carbocycles. The molecule has 0 spiro atoms. The van der Waals surface area contributed by atoms with Gasteiger partial charge in [-0.25, -0.2) is 0 Å². The molecule has 2 nitrogen and oxygen atoms in total. The SMILES string of the molecule is CCCC[S-](=N)=N. The molecule has 0 rings (SSSR count). The molecule has 0 bridgehead atoms. The van der Waals surface area contributed by atoms with Crippen molar-refractivity contribution in [2.75, 3.05) is 5.75 Å². The first-order chi connectivity index (χ1) is 3.27. The molecule has 44 valence electrons. The van der Waals surface area contributed by atoms with Crippen molar-refractivity contribution >= 4 is 10.5 Å². The van der Waals surface area contributed by atoms with Crippen molar-refractivity contribution in [3.8, 4) is 0 Å². The van der Waals surface area contributed by atoms with E-state index in [0.717, 1.165) is 18.6 Å². The molecule has 0 unspecified atom stereocenters. The third-order valence-corrected chi connectivity index (χ3v) is 1.40. The summed E-state index contributed by atoms with van der Waals surface area (Å²) in [5.41, 5.74) is 0. The fraction of sp³-hybridized carbons (Fsp3) is 1.00. The van der Waals surface area contributed by atoms with Gasteiger partial charge < -0.3 is 20.0 Å². The van der Waals surface area contributed by atoms with E-state index in [2.05, 4.69) is 6.92 Å². The molecule has 2 N–H and O–H groups in total. The first-order valence-corrected chi connectivity index (χ1v) is 3.80. The van der Waals surface area contributed by atoms with E-state index in [0.29, 0.717) is 0 Å². The molecule has 0 aromatic heterocycles. The number of hydrogen-bond acceptors (Lipinski definition) is 3.